The van der Waals surface area contributed by atoms with E-state index >= 15 is 0 Å². The summed E-state index contributed by atoms with van der Waals surface area (Å²) in [6.45, 7) is 5.68. The van der Waals surface area contributed by atoms with Gasteiger partial charge < -0.3 is 9.64 Å². The van der Waals surface area contributed by atoms with Gasteiger partial charge in [0.15, 0.2) is 11.6 Å². The van der Waals surface area contributed by atoms with Gasteiger partial charge >= 0.3 is 0 Å². The molecule has 4 heteroatoms. The summed E-state index contributed by atoms with van der Waals surface area (Å²) in [6.07, 6.45) is 6.33. The molecule has 1 aliphatic carbocycles. The number of carbonyl (C=O) groups is 2. The molecule has 3 aliphatic rings. The largest absolute Gasteiger partial charge is 0.376 e. The first-order chi connectivity index (χ1) is 12.1. The average molecular weight is 335 g/mol. The molecule has 0 unspecified atom stereocenters. The third-order valence-corrected chi connectivity index (χ3v) is 5.15. The zero-order chi connectivity index (χ0) is 17.6. The summed E-state index contributed by atoms with van der Waals surface area (Å²) in [6, 6.07) is 7.04. The predicted octanol–water partition coefficient (Wildman–Crippen LogP) is 3.66. The van der Waals surface area contributed by atoms with Crippen LogP contribution in [0.1, 0.15) is 47.4 Å². The van der Waals surface area contributed by atoms with Crippen LogP contribution in [0, 0.1) is 0 Å². The summed E-state index contributed by atoms with van der Waals surface area (Å²) in [5.41, 5.74) is 4.09. The molecule has 1 fully saturated rings. The van der Waals surface area contributed by atoms with Crippen LogP contribution in [0.5, 0.6) is 0 Å². The molecule has 0 aromatic heterocycles. The van der Waals surface area contributed by atoms with Crippen LogP contribution in [0.25, 0.3) is 0 Å². The Morgan fingerprint density at radius 2 is 1.64 bits per heavy atom. The quantitative estimate of drug-likeness (QED) is 0.611. The van der Waals surface area contributed by atoms with Gasteiger partial charge in [-0.3, -0.25) is 9.59 Å². The molecule has 0 amide bonds. The van der Waals surface area contributed by atoms with Crippen molar-refractivity contribution in [2.75, 3.05) is 13.2 Å². The average Bonchev–Trinajstić information content (AvgIpc) is 3.19. The fourth-order valence-corrected chi connectivity index (χ4v) is 3.86. The van der Waals surface area contributed by atoms with E-state index in [2.05, 4.69) is 4.90 Å². The van der Waals surface area contributed by atoms with E-state index in [-0.39, 0.29) is 23.2 Å². The maximum absolute atomic E-state index is 12.7. The number of hydrogen-bond donors (Lipinski definition) is 0. The van der Waals surface area contributed by atoms with Crippen LogP contribution in [0.15, 0.2) is 59.0 Å². The molecule has 0 spiro atoms. The zero-order valence-electron chi connectivity index (χ0n) is 14.5. The van der Waals surface area contributed by atoms with Crippen LogP contribution >= 0.6 is 0 Å². The maximum atomic E-state index is 12.7. The van der Waals surface area contributed by atoms with Gasteiger partial charge in [-0.15, -0.1) is 0 Å². The minimum Gasteiger partial charge on any atom is -0.376 e. The molecule has 0 bridgehead atoms. The summed E-state index contributed by atoms with van der Waals surface area (Å²) in [4.78, 5) is 27.6. The van der Waals surface area contributed by atoms with Crippen molar-refractivity contribution in [1.82, 2.24) is 4.90 Å². The maximum Gasteiger partial charge on any atom is 0.198 e. The van der Waals surface area contributed by atoms with E-state index in [4.69, 9.17) is 4.74 Å². The minimum atomic E-state index is -0.170. The molecule has 1 aromatic rings. The highest BCUT2D eigenvalue weighted by Gasteiger charge is 2.35. The van der Waals surface area contributed by atoms with Crippen molar-refractivity contribution in [2.45, 2.75) is 32.8 Å². The molecular weight excluding hydrogens is 314 g/mol. The van der Waals surface area contributed by atoms with Gasteiger partial charge in [0.05, 0.1) is 11.7 Å². The van der Waals surface area contributed by atoms with Gasteiger partial charge in [0.2, 0.25) is 0 Å². The van der Waals surface area contributed by atoms with Gasteiger partial charge in [0.25, 0.3) is 0 Å². The number of ether oxygens (including phenoxy) is 1. The van der Waals surface area contributed by atoms with Crippen molar-refractivity contribution in [3.05, 3.63) is 70.1 Å². The molecule has 0 N–H and O–H groups in total. The van der Waals surface area contributed by atoms with Gasteiger partial charge in [-0.2, -0.15) is 0 Å². The number of Topliss-reactive ketones (excluding diaryl/α,β-unsaturated/α-hetero) is 2. The second-order valence-corrected chi connectivity index (χ2v) is 6.85. The number of nitrogens with zero attached hydrogens (tertiary/aromatic N) is 1. The van der Waals surface area contributed by atoms with Gasteiger partial charge in [-0.25, -0.2) is 0 Å². The normalized spacial score (nSPS) is 23.1. The van der Waals surface area contributed by atoms with Crippen LogP contribution in [0.3, 0.4) is 0 Å². The molecule has 1 saturated heterocycles. The Balaban J connectivity index is 1.69. The van der Waals surface area contributed by atoms with Crippen LogP contribution in [-0.2, 0) is 4.74 Å². The first kappa shape index (κ1) is 16.0. The third-order valence-electron chi connectivity index (χ3n) is 5.15. The smallest absolute Gasteiger partial charge is 0.198 e. The Morgan fingerprint density at radius 3 is 2.16 bits per heavy atom. The van der Waals surface area contributed by atoms with Crippen LogP contribution in [0.4, 0.5) is 0 Å². The van der Waals surface area contributed by atoms with Gasteiger partial charge in [0, 0.05) is 35.7 Å². The minimum absolute atomic E-state index is 0.170. The molecule has 2 aliphatic heterocycles. The lowest BCUT2D eigenvalue weighted by atomic mass is 9.98. The number of hydrogen-bond acceptors (Lipinski definition) is 4. The third kappa shape index (κ3) is 2.67. The van der Waals surface area contributed by atoms with E-state index < -0.39 is 0 Å². The second kappa shape index (κ2) is 6.12. The highest BCUT2D eigenvalue weighted by atomic mass is 16.5. The molecule has 0 radical (unpaired) electrons. The van der Waals surface area contributed by atoms with E-state index in [9.17, 15) is 9.59 Å². The fraction of sp³-hybridized carbons (Fsp3) is 0.333. The number of ketones is 2. The van der Waals surface area contributed by atoms with Crippen molar-refractivity contribution in [3.8, 4) is 0 Å². The van der Waals surface area contributed by atoms with Crippen LogP contribution < -0.4 is 0 Å². The molecule has 25 heavy (non-hydrogen) atoms. The van der Waals surface area contributed by atoms with Crippen molar-refractivity contribution in [2.24, 2.45) is 0 Å². The Labute approximate surface area is 147 Å². The Bertz CT molecular complexity index is 795. The predicted molar refractivity (Wildman–Crippen MR) is 95.3 cm³/mol. The highest BCUT2D eigenvalue weighted by Crippen LogP contribution is 2.33. The first-order valence-corrected chi connectivity index (χ1v) is 8.74. The zero-order valence-corrected chi connectivity index (χ0v) is 14.5. The second-order valence-electron chi connectivity index (χ2n) is 6.85. The monoisotopic (exact) mass is 335 g/mol. The van der Waals surface area contributed by atoms with E-state index in [1.54, 1.807) is 24.3 Å². The Morgan fingerprint density at radius 1 is 1.04 bits per heavy atom. The number of carbonyl (C=O) groups excluding carboxylic acids is 2. The summed E-state index contributed by atoms with van der Waals surface area (Å²) >= 11 is 0. The van der Waals surface area contributed by atoms with E-state index in [0.29, 0.717) is 16.7 Å². The van der Waals surface area contributed by atoms with Gasteiger partial charge in [-0.05, 0) is 44.4 Å². The van der Waals surface area contributed by atoms with Gasteiger partial charge in [-0.1, -0.05) is 24.3 Å². The molecular formula is C21H21NO3. The Hall–Kier alpha value is -2.46. The van der Waals surface area contributed by atoms with E-state index in [0.717, 1.165) is 37.4 Å². The molecule has 4 rings (SSSR count). The molecule has 4 nitrogen and oxygen atoms in total. The fourth-order valence-electron chi connectivity index (χ4n) is 3.86. The van der Waals surface area contributed by atoms with E-state index in [1.165, 1.54) is 0 Å². The van der Waals surface area contributed by atoms with Crippen molar-refractivity contribution < 1.29 is 14.3 Å². The van der Waals surface area contributed by atoms with Crippen molar-refractivity contribution in [1.29, 1.82) is 0 Å². The van der Waals surface area contributed by atoms with Gasteiger partial charge in [0.1, 0.15) is 0 Å². The van der Waals surface area contributed by atoms with Crippen LogP contribution in [0.2, 0.25) is 0 Å². The summed E-state index contributed by atoms with van der Waals surface area (Å²) in [5, 5.41) is 0. The van der Waals surface area contributed by atoms with E-state index in [1.807, 2.05) is 26.0 Å². The molecule has 1 aromatic carbocycles. The molecule has 2 heterocycles. The topological polar surface area (TPSA) is 46.6 Å². The lowest BCUT2D eigenvalue weighted by Crippen LogP contribution is -2.31. The van der Waals surface area contributed by atoms with Crippen molar-refractivity contribution >= 4 is 11.6 Å². The number of allylic oxidation sites excluding steroid dienone is 6. The summed E-state index contributed by atoms with van der Waals surface area (Å²) in [7, 11) is 0. The summed E-state index contributed by atoms with van der Waals surface area (Å²) in [5.74, 6) is -0.340. The summed E-state index contributed by atoms with van der Waals surface area (Å²) < 4.78 is 5.74. The Kier molecular flexibility index (Phi) is 3.92. The van der Waals surface area contributed by atoms with Crippen molar-refractivity contribution in [3.63, 3.8) is 0 Å². The highest BCUT2D eigenvalue weighted by molar-refractivity contribution is 6.40. The molecule has 1 atom stereocenters. The number of benzene rings is 1. The molecule has 128 valence electrons. The first-order valence-electron chi connectivity index (χ1n) is 8.74. The number of rotatable bonds is 2. The lowest BCUT2D eigenvalue weighted by molar-refractivity contribution is 0.0905. The standard InChI is InChI=1S/C21H21NO3/c1-13-10-15(11-14(2)22(13)12-16-6-5-9-25-16)19-20(23)17-7-3-4-8-18(17)21(19)24/h3-4,7-8,10-11,16H,5-6,9,12H2,1-2H3/t16-/m0/s1. The lowest BCUT2D eigenvalue weighted by Gasteiger charge is -2.31. The van der Waals surface area contributed by atoms with Crippen LogP contribution in [-0.4, -0.2) is 35.7 Å². The number of fused-ring (bicyclic) bond motifs is 1. The molecule has 0 saturated carbocycles. The SMILES string of the molecule is CC1=CC(=C2C(=O)c3ccccc3C2=O)C=C(C)N1C[C@@H]1CCCO1.